The second-order valence-electron chi connectivity index (χ2n) is 4.92. The van der Waals surface area contributed by atoms with Gasteiger partial charge in [0.2, 0.25) is 0 Å². The molecule has 4 nitrogen and oxygen atoms in total. The predicted octanol–water partition coefficient (Wildman–Crippen LogP) is 2.56. The largest absolute Gasteiger partial charge is 0.497 e. The summed E-state index contributed by atoms with van der Waals surface area (Å²) in [5.74, 6) is 0.806. The Kier molecular flexibility index (Phi) is 3.77. The fourth-order valence-electron chi connectivity index (χ4n) is 2.25. The summed E-state index contributed by atoms with van der Waals surface area (Å²) >= 11 is 0. The highest BCUT2D eigenvalue weighted by Gasteiger charge is 2.15. The first-order valence-electron chi connectivity index (χ1n) is 6.37. The Labute approximate surface area is 113 Å². The monoisotopic (exact) mass is 257 g/mol. The van der Waals surface area contributed by atoms with Crippen LogP contribution >= 0.6 is 0 Å². The van der Waals surface area contributed by atoms with Crippen LogP contribution in [0.4, 0.5) is 0 Å². The SMILES string of the molecule is COc1ccc2c(CNC(C)C)c(C#N)n(C)c2c1. The number of fused-ring (bicyclic) bond motifs is 1. The van der Waals surface area contributed by atoms with Crippen LogP contribution in [0.3, 0.4) is 0 Å². The summed E-state index contributed by atoms with van der Waals surface area (Å²) in [5.41, 5.74) is 2.78. The van der Waals surface area contributed by atoms with Crippen LogP contribution in [0.2, 0.25) is 0 Å². The van der Waals surface area contributed by atoms with Gasteiger partial charge >= 0.3 is 0 Å². The zero-order valence-electron chi connectivity index (χ0n) is 11.8. The molecule has 0 spiro atoms. The number of nitrogens with zero attached hydrogens (tertiary/aromatic N) is 2. The first-order valence-corrected chi connectivity index (χ1v) is 6.37. The van der Waals surface area contributed by atoms with Gasteiger partial charge in [-0.25, -0.2) is 0 Å². The number of methoxy groups -OCH3 is 1. The van der Waals surface area contributed by atoms with E-state index in [0.29, 0.717) is 18.3 Å². The topological polar surface area (TPSA) is 50.0 Å². The maximum atomic E-state index is 9.36. The van der Waals surface area contributed by atoms with Gasteiger partial charge in [-0.3, -0.25) is 0 Å². The molecule has 0 bridgehead atoms. The molecule has 1 aromatic heterocycles. The first-order chi connectivity index (χ1) is 9.08. The molecule has 0 atom stereocenters. The summed E-state index contributed by atoms with van der Waals surface area (Å²) in [5, 5.41) is 13.8. The Morgan fingerprint density at radius 1 is 1.42 bits per heavy atom. The molecule has 100 valence electrons. The van der Waals surface area contributed by atoms with Crippen molar-refractivity contribution < 1.29 is 4.74 Å². The standard InChI is InChI=1S/C15H19N3O/c1-10(2)17-9-13-12-6-5-11(19-4)7-14(12)18(3)15(13)8-16/h5-7,10,17H,9H2,1-4H3. The van der Waals surface area contributed by atoms with Gasteiger partial charge in [0.15, 0.2) is 0 Å². The molecule has 0 fully saturated rings. The summed E-state index contributed by atoms with van der Waals surface area (Å²) in [6, 6.07) is 8.61. The van der Waals surface area contributed by atoms with Crippen molar-refractivity contribution in [3.05, 3.63) is 29.5 Å². The lowest BCUT2D eigenvalue weighted by Gasteiger charge is -2.07. The van der Waals surface area contributed by atoms with Crippen LogP contribution in [-0.2, 0) is 13.6 Å². The quantitative estimate of drug-likeness (QED) is 0.915. The van der Waals surface area contributed by atoms with E-state index in [1.54, 1.807) is 7.11 Å². The molecule has 2 rings (SSSR count). The minimum atomic E-state index is 0.389. The van der Waals surface area contributed by atoms with Gasteiger partial charge < -0.3 is 14.6 Å². The molecule has 0 amide bonds. The maximum absolute atomic E-state index is 9.36. The fraction of sp³-hybridized carbons (Fsp3) is 0.400. The van der Waals surface area contributed by atoms with E-state index in [0.717, 1.165) is 22.2 Å². The number of rotatable bonds is 4. The Morgan fingerprint density at radius 2 is 2.16 bits per heavy atom. The average Bonchev–Trinajstić information content (AvgIpc) is 2.68. The summed E-state index contributed by atoms with van der Waals surface area (Å²) in [6.45, 7) is 4.89. The molecule has 4 heteroatoms. The van der Waals surface area contributed by atoms with Crippen LogP contribution in [0.15, 0.2) is 18.2 Å². The molecule has 2 aromatic rings. The Balaban J connectivity index is 2.58. The van der Waals surface area contributed by atoms with Gasteiger partial charge in [0.05, 0.1) is 12.6 Å². The van der Waals surface area contributed by atoms with Crippen molar-refractivity contribution in [2.45, 2.75) is 26.4 Å². The van der Waals surface area contributed by atoms with Gasteiger partial charge in [0.25, 0.3) is 0 Å². The normalized spacial score (nSPS) is 10.9. The number of nitrogens with one attached hydrogen (secondary N) is 1. The Bertz CT molecular complexity index is 635. The molecule has 0 aliphatic carbocycles. The first kappa shape index (κ1) is 13.4. The van der Waals surface area contributed by atoms with Crippen molar-refractivity contribution in [1.29, 1.82) is 5.26 Å². The van der Waals surface area contributed by atoms with Crippen LogP contribution in [0.1, 0.15) is 25.1 Å². The van der Waals surface area contributed by atoms with Crippen LogP contribution in [0.25, 0.3) is 10.9 Å². The highest BCUT2D eigenvalue weighted by atomic mass is 16.5. The molecule has 19 heavy (non-hydrogen) atoms. The van der Waals surface area contributed by atoms with Crippen molar-refractivity contribution >= 4 is 10.9 Å². The van der Waals surface area contributed by atoms with Crippen LogP contribution in [-0.4, -0.2) is 17.7 Å². The zero-order valence-corrected chi connectivity index (χ0v) is 11.8. The highest BCUT2D eigenvalue weighted by Crippen LogP contribution is 2.28. The van der Waals surface area contributed by atoms with E-state index in [9.17, 15) is 5.26 Å². The summed E-state index contributed by atoms with van der Waals surface area (Å²) in [7, 11) is 3.57. The number of benzene rings is 1. The van der Waals surface area contributed by atoms with Crippen molar-refractivity contribution in [2.24, 2.45) is 7.05 Å². The second kappa shape index (κ2) is 5.33. The summed E-state index contributed by atoms with van der Waals surface area (Å²) in [6.07, 6.45) is 0. The van der Waals surface area contributed by atoms with Gasteiger partial charge in [-0.05, 0) is 12.1 Å². The van der Waals surface area contributed by atoms with Crippen molar-refractivity contribution in [3.63, 3.8) is 0 Å². The van der Waals surface area contributed by atoms with Gasteiger partial charge in [-0.2, -0.15) is 5.26 Å². The van der Waals surface area contributed by atoms with E-state index in [1.807, 2.05) is 29.8 Å². The molecule has 1 N–H and O–H groups in total. The van der Waals surface area contributed by atoms with E-state index in [1.165, 1.54) is 0 Å². The van der Waals surface area contributed by atoms with Gasteiger partial charge in [-0.1, -0.05) is 13.8 Å². The molecule has 0 radical (unpaired) electrons. The second-order valence-corrected chi connectivity index (χ2v) is 4.92. The predicted molar refractivity (Wildman–Crippen MR) is 76.2 cm³/mol. The van der Waals surface area contributed by atoms with Gasteiger partial charge in [0, 0.05) is 36.7 Å². The van der Waals surface area contributed by atoms with E-state index >= 15 is 0 Å². The molecular formula is C15H19N3O. The highest BCUT2D eigenvalue weighted by molar-refractivity contribution is 5.87. The number of ether oxygens (including phenoxy) is 1. The average molecular weight is 257 g/mol. The van der Waals surface area contributed by atoms with E-state index < -0.39 is 0 Å². The number of nitriles is 1. The van der Waals surface area contributed by atoms with Crippen LogP contribution in [0.5, 0.6) is 5.75 Å². The molecule has 0 aliphatic heterocycles. The van der Waals surface area contributed by atoms with E-state index in [4.69, 9.17) is 4.74 Å². The molecule has 1 aromatic carbocycles. The molecule has 0 unspecified atom stereocenters. The number of aryl methyl sites for hydroxylation is 1. The summed E-state index contributed by atoms with van der Waals surface area (Å²) < 4.78 is 7.17. The van der Waals surface area contributed by atoms with Crippen molar-refractivity contribution in [1.82, 2.24) is 9.88 Å². The molecule has 1 heterocycles. The molecule has 0 saturated heterocycles. The smallest absolute Gasteiger partial charge is 0.125 e. The van der Waals surface area contributed by atoms with Crippen molar-refractivity contribution in [2.75, 3.05) is 7.11 Å². The van der Waals surface area contributed by atoms with Gasteiger partial charge in [0.1, 0.15) is 17.5 Å². The third-order valence-corrected chi connectivity index (χ3v) is 3.31. The van der Waals surface area contributed by atoms with Gasteiger partial charge in [-0.15, -0.1) is 0 Å². The van der Waals surface area contributed by atoms with E-state index in [-0.39, 0.29) is 0 Å². The lowest BCUT2D eigenvalue weighted by Crippen LogP contribution is -2.22. The third-order valence-electron chi connectivity index (χ3n) is 3.31. The van der Waals surface area contributed by atoms with Crippen LogP contribution in [0, 0.1) is 11.3 Å². The molecule has 0 aliphatic rings. The lowest BCUT2D eigenvalue weighted by atomic mass is 10.1. The van der Waals surface area contributed by atoms with Crippen LogP contribution < -0.4 is 10.1 Å². The van der Waals surface area contributed by atoms with Crippen molar-refractivity contribution in [3.8, 4) is 11.8 Å². The maximum Gasteiger partial charge on any atom is 0.125 e. The summed E-state index contributed by atoms with van der Waals surface area (Å²) in [4.78, 5) is 0. The molecular weight excluding hydrogens is 238 g/mol. The third kappa shape index (κ3) is 2.42. The zero-order chi connectivity index (χ0) is 14.0. The number of aromatic nitrogens is 1. The molecule has 0 saturated carbocycles. The Hall–Kier alpha value is -1.99. The minimum absolute atomic E-state index is 0.389. The minimum Gasteiger partial charge on any atom is -0.497 e. The number of hydrogen-bond acceptors (Lipinski definition) is 3. The van der Waals surface area contributed by atoms with E-state index in [2.05, 4.69) is 25.2 Å². The fourth-order valence-corrected chi connectivity index (χ4v) is 2.25. The lowest BCUT2D eigenvalue weighted by molar-refractivity contribution is 0.415. The number of hydrogen-bond donors (Lipinski definition) is 1. The Morgan fingerprint density at radius 3 is 2.74 bits per heavy atom.